The molecule has 0 spiro atoms. The van der Waals surface area contributed by atoms with Gasteiger partial charge in [0.05, 0.1) is 6.07 Å². The van der Waals surface area contributed by atoms with Gasteiger partial charge in [-0.15, -0.1) is 0 Å². The van der Waals surface area contributed by atoms with E-state index in [-0.39, 0.29) is 23.3 Å². The Morgan fingerprint density at radius 2 is 1.78 bits per heavy atom. The number of hydrogen-bond acceptors (Lipinski definition) is 5. The molecule has 2 amide bonds. The summed E-state index contributed by atoms with van der Waals surface area (Å²) in [7, 11) is 0. The molecule has 7 heteroatoms. The number of amides is 2. The molecule has 2 aliphatic carbocycles. The van der Waals surface area contributed by atoms with E-state index in [2.05, 4.69) is 31.1 Å². The van der Waals surface area contributed by atoms with Crippen LogP contribution in [0.1, 0.15) is 82.9 Å². The van der Waals surface area contributed by atoms with Crippen molar-refractivity contribution in [2.75, 3.05) is 4.90 Å². The molecule has 4 rings (SSSR count). The average Bonchev–Trinajstić information content (AvgIpc) is 2.87. The van der Waals surface area contributed by atoms with Gasteiger partial charge < -0.3 is 10.4 Å². The summed E-state index contributed by atoms with van der Waals surface area (Å²) in [5.74, 6) is -1.45. The first-order valence-electron chi connectivity index (χ1n) is 13.4. The summed E-state index contributed by atoms with van der Waals surface area (Å²) in [6, 6.07) is 12.4. The van der Waals surface area contributed by atoms with E-state index in [9.17, 15) is 20.0 Å². The summed E-state index contributed by atoms with van der Waals surface area (Å²) in [5, 5.41) is 22.7. The van der Waals surface area contributed by atoms with Crippen LogP contribution >= 0.6 is 0 Å². The second-order valence-electron chi connectivity index (χ2n) is 11.5. The third-order valence-corrected chi connectivity index (χ3v) is 7.89. The highest BCUT2D eigenvalue weighted by molar-refractivity contribution is 6.02. The first kappa shape index (κ1) is 26.8. The molecule has 2 fully saturated rings. The standard InChI is InChI=1S/C30H38N4O3/c1-30(2,3)21-11-13-23(14-12-21)34(29(37)25-16-15-24(25)26(35)18-31)27(20-8-7-17-32-19-20)28(36)33-22-9-5-4-6-10-22/h7-8,11-14,17,19,22,24-27,35H,4-6,9-10,15-16H2,1-3H3,(H,33,36). The average molecular weight is 503 g/mol. The second kappa shape index (κ2) is 11.4. The largest absolute Gasteiger partial charge is 0.378 e. The predicted octanol–water partition coefficient (Wildman–Crippen LogP) is 4.81. The summed E-state index contributed by atoms with van der Waals surface area (Å²) < 4.78 is 0. The Hall–Kier alpha value is -3.24. The number of nitrogens with one attached hydrogen (secondary N) is 1. The van der Waals surface area contributed by atoms with Gasteiger partial charge >= 0.3 is 0 Å². The molecule has 2 aliphatic rings. The molecule has 7 nitrogen and oxygen atoms in total. The van der Waals surface area contributed by atoms with Gasteiger partial charge in [0.15, 0.2) is 0 Å². The number of nitrogens with zero attached hydrogens (tertiary/aromatic N) is 3. The van der Waals surface area contributed by atoms with Crippen LogP contribution in [0.3, 0.4) is 0 Å². The molecule has 4 unspecified atom stereocenters. The molecule has 2 saturated carbocycles. The van der Waals surface area contributed by atoms with Gasteiger partial charge in [-0.3, -0.25) is 19.5 Å². The fourth-order valence-electron chi connectivity index (χ4n) is 5.49. The molecule has 0 saturated heterocycles. The summed E-state index contributed by atoms with van der Waals surface area (Å²) in [4.78, 5) is 33.9. The Morgan fingerprint density at radius 1 is 1.08 bits per heavy atom. The van der Waals surface area contributed by atoms with Crippen LogP contribution < -0.4 is 10.2 Å². The van der Waals surface area contributed by atoms with Gasteiger partial charge in [-0.1, -0.05) is 58.2 Å². The van der Waals surface area contributed by atoms with E-state index in [1.807, 2.05) is 36.4 Å². The number of aliphatic hydroxyl groups excluding tert-OH is 1. The molecular formula is C30H38N4O3. The minimum atomic E-state index is -1.21. The Kier molecular flexibility index (Phi) is 8.29. The normalized spacial score (nSPS) is 21.7. The number of aliphatic hydroxyl groups is 1. The Morgan fingerprint density at radius 3 is 2.32 bits per heavy atom. The third kappa shape index (κ3) is 6.02. The Bertz CT molecular complexity index is 1110. The number of pyridine rings is 1. The number of rotatable bonds is 7. The summed E-state index contributed by atoms with van der Waals surface area (Å²) >= 11 is 0. The lowest BCUT2D eigenvalue weighted by atomic mass is 9.70. The number of carbonyl (C=O) groups is 2. The van der Waals surface area contributed by atoms with Crippen molar-refractivity contribution in [2.45, 2.75) is 89.3 Å². The maximum atomic E-state index is 14.2. The highest BCUT2D eigenvalue weighted by atomic mass is 16.3. The first-order chi connectivity index (χ1) is 17.7. The van der Waals surface area contributed by atoms with E-state index in [0.717, 1.165) is 31.2 Å². The summed E-state index contributed by atoms with van der Waals surface area (Å²) in [5.41, 5.74) is 2.29. The Labute approximate surface area is 219 Å². The van der Waals surface area contributed by atoms with Crippen molar-refractivity contribution in [1.82, 2.24) is 10.3 Å². The van der Waals surface area contributed by atoms with Gasteiger partial charge in [0.25, 0.3) is 0 Å². The molecule has 0 radical (unpaired) electrons. The maximum absolute atomic E-state index is 14.2. The van der Waals surface area contributed by atoms with E-state index >= 15 is 0 Å². The second-order valence-corrected chi connectivity index (χ2v) is 11.5. The van der Waals surface area contributed by atoms with Crippen molar-refractivity contribution in [3.8, 4) is 6.07 Å². The highest BCUT2D eigenvalue weighted by Gasteiger charge is 2.46. The van der Waals surface area contributed by atoms with Crippen LogP contribution in [0.4, 0.5) is 5.69 Å². The molecule has 2 N–H and O–H groups in total. The number of anilines is 1. The van der Waals surface area contributed by atoms with Gasteiger partial charge in [0, 0.05) is 41.5 Å². The summed E-state index contributed by atoms with van der Waals surface area (Å²) in [6.07, 6.45) is 8.44. The molecule has 37 heavy (non-hydrogen) atoms. The van der Waals surface area contributed by atoms with Crippen molar-refractivity contribution < 1.29 is 14.7 Å². The number of carbonyl (C=O) groups excluding carboxylic acids is 2. The lowest BCUT2D eigenvalue weighted by Crippen LogP contribution is -2.52. The quantitative estimate of drug-likeness (QED) is 0.529. The zero-order valence-electron chi connectivity index (χ0n) is 22.1. The fraction of sp³-hybridized carbons (Fsp3) is 0.533. The van der Waals surface area contributed by atoms with Crippen LogP contribution in [0.25, 0.3) is 0 Å². The van der Waals surface area contributed by atoms with E-state index in [0.29, 0.717) is 24.1 Å². The lowest BCUT2D eigenvalue weighted by molar-refractivity contribution is -0.133. The van der Waals surface area contributed by atoms with Crippen LogP contribution in [0.15, 0.2) is 48.8 Å². The number of nitriles is 1. The van der Waals surface area contributed by atoms with Crippen LogP contribution in [-0.2, 0) is 15.0 Å². The van der Waals surface area contributed by atoms with E-state index < -0.39 is 24.0 Å². The van der Waals surface area contributed by atoms with Crippen molar-refractivity contribution in [2.24, 2.45) is 11.8 Å². The van der Waals surface area contributed by atoms with Gasteiger partial charge in [-0.2, -0.15) is 5.26 Å². The topological polar surface area (TPSA) is 106 Å². The summed E-state index contributed by atoms with van der Waals surface area (Å²) in [6.45, 7) is 6.38. The minimum absolute atomic E-state index is 0.0650. The number of aromatic nitrogens is 1. The fourth-order valence-corrected chi connectivity index (χ4v) is 5.49. The van der Waals surface area contributed by atoms with Crippen LogP contribution in [-0.4, -0.2) is 34.1 Å². The van der Waals surface area contributed by atoms with Gasteiger partial charge in [-0.25, -0.2) is 0 Å². The zero-order chi connectivity index (χ0) is 26.6. The van der Waals surface area contributed by atoms with E-state index in [1.165, 1.54) is 6.42 Å². The number of hydrogen-bond donors (Lipinski definition) is 2. The van der Waals surface area contributed by atoms with Crippen LogP contribution in [0.5, 0.6) is 0 Å². The van der Waals surface area contributed by atoms with Gasteiger partial charge in [0.1, 0.15) is 12.1 Å². The molecule has 1 heterocycles. The molecular weight excluding hydrogens is 464 g/mol. The third-order valence-electron chi connectivity index (χ3n) is 7.89. The van der Waals surface area contributed by atoms with Crippen molar-refractivity contribution >= 4 is 17.5 Å². The smallest absolute Gasteiger partial charge is 0.248 e. The van der Waals surface area contributed by atoms with Gasteiger partial charge in [0.2, 0.25) is 11.8 Å². The SMILES string of the molecule is CC(C)(C)c1ccc(N(C(=O)C2CCC2C(O)C#N)C(C(=O)NC2CCCCC2)c2cccnc2)cc1. The monoisotopic (exact) mass is 502 g/mol. The predicted molar refractivity (Wildman–Crippen MR) is 142 cm³/mol. The molecule has 2 aromatic rings. The molecule has 0 aliphatic heterocycles. The minimum Gasteiger partial charge on any atom is -0.378 e. The van der Waals surface area contributed by atoms with E-state index in [1.54, 1.807) is 23.4 Å². The van der Waals surface area contributed by atoms with Crippen molar-refractivity contribution in [3.63, 3.8) is 0 Å². The van der Waals surface area contributed by atoms with Crippen molar-refractivity contribution in [3.05, 3.63) is 59.9 Å². The van der Waals surface area contributed by atoms with Gasteiger partial charge in [-0.05, 0) is 54.9 Å². The zero-order valence-corrected chi connectivity index (χ0v) is 22.1. The molecule has 0 bridgehead atoms. The Balaban J connectivity index is 1.76. The molecule has 1 aromatic heterocycles. The first-order valence-corrected chi connectivity index (χ1v) is 13.4. The molecule has 1 aromatic carbocycles. The number of benzene rings is 1. The van der Waals surface area contributed by atoms with E-state index in [4.69, 9.17) is 0 Å². The van der Waals surface area contributed by atoms with Crippen molar-refractivity contribution in [1.29, 1.82) is 5.26 Å². The molecule has 196 valence electrons. The maximum Gasteiger partial charge on any atom is 0.248 e. The van der Waals surface area contributed by atoms with Crippen LogP contribution in [0.2, 0.25) is 0 Å². The molecule has 4 atom stereocenters. The van der Waals surface area contributed by atoms with Crippen LogP contribution in [0, 0.1) is 23.2 Å². The highest BCUT2D eigenvalue weighted by Crippen LogP contribution is 2.41. The lowest BCUT2D eigenvalue weighted by Gasteiger charge is -2.42.